The van der Waals surface area contributed by atoms with Crippen LogP contribution in [0.3, 0.4) is 0 Å². The molecule has 0 N–H and O–H groups in total. The summed E-state index contributed by atoms with van der Waals surface area (Å²) >= 11 is 0. The summed E-state index contributed by atoms with van der Waals surface area (Å²) in [5.41, 5.74) is 3.65. The molecule has 0 saturated heterocycles. The van der Waals surface area contributed by atoms with Crippen molar-refractivity contribution >= 4 is 0 Å². The van der Waals surface area contributed by atoms with E-state index in [1.165, 1.54) is 0 Å². The summed E-state index contributed by atoms with van der Waals surface area (Å²) in [6.07, 6.45) is 5.31. The van der Waals surface area contributed by atoms with Crippen molar-refractivity contribution < 1.29 is 9.15 Å². The van der Waals surface area contributed by atoms with Gasteiger partial charge in [-0.1, -0.05) is 18.6 Å². The Kier molecular flexibility index (Phi) is 5.88. The van der Waals surface area contributed by atoms with Crippen molar-refractivity contribution in [3.63, 3.8) is 0 Å². The SMILES string of the molecule is CCCCc1cn(-c2ccc(-c3nnc(-c4ccc(OC(C)C)cc4)o3)cc2)nn1. The number of rotatable bonds is 8. The number of ether oxygens (including phenoxy) is 1. The topological polar surface area (TPSA) is 78.9 Å². The molecule has 0 unspecified atom stereocenters. The van der Waals surface area contributed by atoms with Gasteiger partial charge in [-0.2, -0.15) is 0 Å². The molecule has 30 heavy (non-hydrogen) atoms. The van der Waals surface area contributed by atoms with Gasteiger partial charge in [-0.25, -0.2) is 4.68 Å². The van der Waals surface area contributed by atoms with Crippen molar-refractivity contribution in [2.45, 2.75) is 46.1 Å². The van der Waals surface area contributed by atoms with Gasteiger partial charge in [0.2, 0.25) is 11.8 Å². The minimum Gasteiger partial charge on any atom is -0.491 e. The van der Waals surface area contributed by atoms with E-state index in [9.17, 15) is 0 Å². The van der Waals surface area contributed by atoms with Crippen LogP contribution in [-0.2, 0) is 6.42 Å². The van der Waals surface area contributed by atoms with Crippen LogP contribution in [0.25, 0.3) is 28.6 Å². The molecule has 7 nitrogen and oxygen atoms in total. The third kappa shape index (κ3) is 4.56. The maximum absolute atomic E-state index is 5.87. The molecule has 2 heterocycles. The largest absolute Gasteiger partial charge is 0.491 e. The summed E-state index contributed by atoms with van der Waals surface area (Å²) < 4.78 is 13.3. The fourth-order valence-corrected chi connectivity index (χ4v) is 3.06. The second-order valence-electron chi connectivity index (χ2n) is 7.41. The molecule has 4 rings (SSSR count). The lowest BCUT2D eigenvalue weighted by molar-refractivity contribution is 0.242. The van der Waals surface area contributed by atoms with Crippen LogP contribution in [0.5, 0.6) is 5.75 Å². The molecule has 0 aliphatic heterocycles. The van der Waals surface area contributed by atoms with E-state index in [1.54, 1.807) is 4.68 Å². The highest BCUT2D eigenvalue weighted by molar-refractivity contribution is 5.59. The summed E-state index contributed by atoms with van der Waals surface area (Å²) in [5, 5.41) is 16.8. The van der Waals surface area contributed by atoms with Crippen molar-refractivity contribution in [2.75, 3.05) is 0 Å². The maximum atomic E-state index is 5.87. The smallest absolute Gasteiger partial charge is 0.248 e. The van der Waals surface area contributed by atoms with E-state index < -0.39 is 0 Å². The summed E-state index contributed by atoms with van der Waals surface area (Å²) in [5.74, 6) is 1.76. The van der Waals surface area contributed by atoms with Gasteiger partial charge < -0.3 is 9.15 Å². The molecular weight excluding hydrogens is 378 g/mol. The molecule has 154 valence electrons. The van der Waals surface area contributed by atoms with Gasteiger partial charge in [-0.15, -0.1) is 15.3 Å². The van der Waals surface area contributed by atoms with E-state index in [4.69, 9.17) is 9.15 Å². The molecule has 7 heteroatoms. The maximum Gasteiger partial charge on any atom is 0.248 e. The van der Waals surface area contributed by atoms with Gasteiger partial charge in [-0.05, 0) is 75.2 Å². The second kappa shape index (κ2) is 8.90. The summed E-state index contributed by atoms with van der Waals surface area (Å²) in [4.78, 5) is 0. The van der Waals surface area contributed by atoms with Gasteiger partial charge in [-0.3, -0.25) is 0 Å². The molecule has 2 aromatic heterocycles. The van der Waals surface area contributed by atoms with Gasteiger partial charge in [0.15, 0.2) is 0 Å². The quantitative estimate of drug-likeness (QED) is 0.407. The molecule has 0 fully saturated rings. The van der Waals surface area contributed by atoms with E-state index in [2.05, 4.69) is 27.4 Å². The molecule has 0 spiro atoms. The normalized spacial score (nSPS) is 11.2. The van der Waals surface area contributed by atoms with Gasteiger partial charge in [0.1, 0.15) is 5.75 Å². The number of hydrogen-bond donors (Lipinski definition) is 0. The van der Waals surface area contributed by atoms with Gasteiger partial charge >= 0.3 is 0 Å². The Balaban J connectivity index is 1.47. The Morgan fingerprint density at radius 1 is 0.900 bits per heavy atom. The molecule has 4 aromatic rings. The highest BCUT2D eigenvalue weighted by Gasteiger charge is 2.11. The van der Waals surface area contributed by atoms with E-state index >= 15 is 0 Å². The van der Waals surface area contributed by atoms with Crippen molar-refractivity contribution in [3.05, 3.63) is 60.4 Å². The van der Waals surface area contributed by atoms with Gasteiger partial charge in [0.05, 0.1) is 23.7 Å². The summed E-state index contributed by atoms with van der Waals surface area (Å²) in [6, 6.07) is 15.5. The molecule has 0 aliphatic carbocycles. The lowest BCUT2D eigenvalue weighted by atomic mass is 10.2. The monoisotopic (exact) mass is 403 g/mol. The fraction of sp³-hybridized carbons (Fsp3) is 0.304. The van der Waals surface area contributed by atoms with Crippen LogP contribution in [0, 0.1) is 0 Å². The van der Waals surface area contributed by atoms with Crippen LogP contribution < -0.4 is 4.74 Å². The van der Waals surface area contributed by atoms with Crippen LogP contribution in [0.4, 0.5) is 0 Å². The number of benzene rings is 2. The first-order chi connectivity index (χ1) is 14.6. The predicted molar refractivity (Wildman–Crippen MR) is 114 cm³/mol. The molecular formula is C23H25N5O2. The van der Waals surface area contributed by atoms with E-state index in [1.807, 2.05) is 68.6 Å². The number of nitrogens with zero attached hydrogens (tertiary/aromatic N) is 5. The zero-order valence-electron chi connectivity index (χ0n) is 17.4. The van der Waals surface area contributed by atoms with Crippen LogP contribution in [0.15, 0.2) is 59.1 Å². The lowest BCUT2D eigenvalue weighted by Crippen LogP contribution is -2.05. The predicted octanol–water partition coefficient (Wildman–Crippen LogP) is 5.11. The molecule has 0 saturated carbocycles. The number of aryl methyl sites for hydroxylation is 1. The first-order valence-corrected chi connectivity index (χ1v) is 10.2. The molecule has 0 atom stereocenters. The van der Waals surface area contributed by atoms with Crippen molar-refractivity contribution in [1.82, 2.24) is 25.2 Å². The fourth-order valence-electron chi connectivity index (χ4n) is 3.06. The Labute approximate surface area is 175 Å². The van der Waals surface area contributed by atoms with Crippen LogP contribution >= 0.6 is 0 Å². The van der Waals surface area contributed by atoms with Gasteiger partial charge in [0, 0.05) is 11.1 Å². The van der Waals surface area contributed by atoms with Crippen molar-refractivity contribution in [3.8, 4) is 34.3 Å². The van der Waals surface area contributed by atoms with Crippen LogP contribution in [0.1, 0.15) is 39.3 Å². The zero-order chi connectivity index (χ0) is 20.9. The zero-order valence-corrected chi connectivity index (χ0v) is 17.4. The van der Waals surface area contributed by atoms with Crippen molar-refractivity contribution in [1.29, 1.82) is 0 Å². The Morgan fingerprint density at radius 3 is 2.13 bits per heavy atom. The highest BCUT2D eigenvalue weighted by atomic mass is 16.5. The Hall–Kier alpha value is -3.48. The first-order valence-electron chi connectivity index (χ1n) is 10.2. The number of hydrogen-bond acceptors (Lipinski definition) is 6. The van der Waals surface area contributed by atoms with E-state index in [0.717, 1.165) is 47.5 Å². The summed E-state index contributed by atoms with van der Waals surface area (Å²) in [6.45, 7) is 6.16. The first kappa shape index (κ1) is 19.8. The third-order valence-corrected chi connectivity index (χ3v) is 4.60. The van der Waals surface area contributed by atoms with E-state index in [-0.39, 0.29) is 6.10 Å². The average Bonchev–Trinajstić information content (AvgIpc) is 3.43. The molecule has 0 bridgehead atoms. The lowest BCUT2D eigenvalue weighted by Gasteiger charge is -2.09. The molecule has 0 amide bonds. The Bertz CT molecular complexity index is 1080. The molecule has 0 aliphatic rings. The third-order valence-electron chi connectivity index (χ3n) is 4.60. The standard InChI is InChI=1S/C23H25N5O2/c1-4-5-6-19-15-28(27-24-19)20-11-7-17(8-12-20)22-25-26-23(30-22)18-9-13-21(14-10-18)29-16(2)3/h7-16H,4-6H2,1-3H3. The average molecular weight is 403 g/mol. The number of aromatic nitrogens is 5. The second-order valence-corrected chi connectivity index (χ2v) is 7.41. The summed E-state index contributed by atoms with van der Waals surface area (Å²) in [7, 11) is 0. The van der Waals surface area contributed by atoms with E-state index in [0.29, 0.717) is 11.8 Å². The highest BCUT2D eigenvalue weighted by Crippen LogP contribution is 2.26. The molecule has 0 radical (unpaired) electrons. The van der Waals surface area contributed by atoms with Crippen LogP contribution in [-0.4, -0.2) is 31.3 Å². The minimum atomic E-state index is 0.134. The Morgan fingerprint density at radius 2 is 1.53 bits per heavy atom. The van der Waals surface area contributed by atoms with Crippen LogP contribution in [0.2, 0.25) is 0 Å². The molecule has 2 aromatic carbocycles. The van der Waals surface area contributed by atoms with Gasteiger partial charge in [0.25, 0.3) is 0 Å². The van der Waals surface area contributed by atoms with Crippen molar-refractivity contribution in [2.24, 2.45) is 0 Å². The minimum absolute atomic E-state index is 0.134. The number of unbranched alkanes of at least 4 members (excludes halogenated alkanes) is 1.